The van der Waals surface area contributed by atoms with Crippen LogP contribution in [0.2, 0.25) is 0 Å². The normalized spacial score (nSPS) is 14.3. The lowest BCUT2D eigenvalue weighted by Crippen LogP contribution is -2.41. The first-order valence-electron chi connectivity index (χ1n) is 5.78. The van der Waals surface area contributed by atoms with Gasteiger partial charge in [0.15, 0.2) is 0 Å². The van der Waals surface area contributed by atoms with Crippen LogP contribution in [-0.4, -0.2) is 27.1 Å². The zero-order valence-corrected chi connectivity index (χ0v) is 10.5. The number of carboxylic acid groups (broad SMARTS) is 1. The lowest BCUT2D eigenvalue weighted by Gasteiger charge is -2.19. The second kappa shape index (κ2) is 6.30. The zero-order valence-electron chi connectivity index (χ0n) is 10.5. The van der Waals surface area contributed by atoms with Crippen molar-refractivity contribution in [2.24, 2.45) is 5.92 Å². The molecule has 2 N–H and O–H groups in total. The lowest BCUT2D eigenvalue weighted by atomic mass is 9.99. The summed E-state index contributed by atoms with van der Waals surface area (Å²) in [4.78, 5) is 19.2. The smallest absolute Gasteiger partial charge is 0.320 e. The highest BCUT2D eigenvalue weighted by Gasteiger charge is 2.22. The van der Waals surface area contributed by atoms with Crippen molar-refractivity contribution in [3.63, 3.8) is 0 Å². The van der Waals surface area contributed by atoms with Crippen LogP contribution in [-0.2, 0) is 11.3 Å². The number of aromatic nitrogens is 2. The van der Waals surface area contributed by atoms with Crippen LogP contribution in [0.5, 0.6) is 0 Å². The molecule has 2 atom stereocenters. The van der Waals surface area contributed by atoms with Crippen LogP contribution in [0, 0.1) is 12.8 Å². The van der Waals surface area contributed by atoms with Gasteiger partial charge in [-0.1, -0.05) is 20.3 Å². The fraction of sp³-hybridized carbons (Fsp3) is 0.583. The number of rotatable bonds is 6. The summed E-state index contributed by atoms with van der Waals surface area (Å²) in [5.74, 6) is -0.00305. The molecule has 94 valence electrons. The third-order valence-electron chi connectivity index (χ3n) is 2.84. The molecule has 0 saturated carbocycles. The van der Waals surface area contributed by atoms with Gasteiger partial charge < -0.3 is 5.11 Å². The van der Waals surface area contributed by atoms with E-state index in [2.05, 4.69) is 15.3 Å². The van der Waals surface area contributed by atoms with Crippen LogP contribution < -0.4 is 5.32 Å². The maximum absolute atomic E-state index is 11.1. The van der Waals surface area contributed by atoms with Crippen molar-refractivity contribution in [3.05, 3.63) is 23.8 Å². The second-order valence-corrected chi connectivity index (χ2v) is 4.22. The first-order valence-corrected chi connectivity index (χ1v) is 5.78. The van der Waals surface area contributed by atoms with E-state index in [1.54, 1.807) is 12.4 Å². The van der Waals surface area contributed by atoms with Gasteiger partial charge in [0.25, 0.3) is 0 Å². The minimum absolute atomic E-state index is 0.0962. The molecule has 0 amide bonds. The van der Waals surface area contributed by atoms with Gasteiger partial charge in [-0.15, -0.1) is 0 Å². The third kappa shape index (κ3) is 4.11. The topological polar surface area (TPSA) is 75.1 Å². The first-order chi connectivity index (χ1) is 8.04. The lowest BCUT2D eigenvalue weighted by molar-refractivity contribution is -0.140. The Morgan fingerprint density at radius 2 is 2.06 bits per heavy atom. The van der Waals surface area contributed by atoms with Crippen molar-refractivity contribution in [1.29, 1.82) is 0 Å². The van der Waals surface area contributed by atoms with Gasteiger partial charge in [0.1, 0.15) is 11.9 Å². The molecular formula is C12H19N3O2. The summed E-state index contributed by atoms with van der Waals surface area (Å²) < 4.78 is 0. The van der Waals surface area contributed by atoms with Gasteiger partial charge in [-0.05, 0) is 12.8 Å². The number of carboxylic acids is 1. The van der Waals surface area contributed by atoms with Crippen molar-refractivity contribution >= 4 is 5.97 Å². The number of aliphatic carboxylic acids is 1. The van der Waals surface area contributed by atoms with Crippen molar-refractivity contribution in [1.82, 2.24) is 15.3 Å². The van der Waals surface area contributed by atoms with E-state index in [4.69, 9.17) is 5.11 Å². The molecule has 0 aliphatic heterocycles. The number of hydrogen-bond acceptors (Lipinski definition) is 4. The van der Waals surface area contributed by atoms with E-state index in [1.807, 2.05) is 20.8 Å². The molecule has 5 heteroatoms. The molecule has 0 aliphatic carbocycles. The average molecular weight is 237 g/mol. The van der Waals surface area contributed by atoms with E-state index in [0.29, 0.717) is 12.4 Å². The summed E-state index contributed by atoms with van der Waals surface area (Å²) in [5, 5.41) is 12.1. The minimum atomic E-state index is -0.813. The fourth-order valence-electron chi connectivity index (χ4n) is 1.51. The quantitative estimate of drug-likeness (QED) is 0.781. The van der Waals surface area contributed by atoms with Gasteiger partial charge in [0, 0.05) is 24.5 Å². The molecule has 0 saturated heterocycles. The third-order valence-corrected chi connectivity index (χ3v) is 2.84. The van der Waals surface area contributed by atoms with Crippen molar-refractivity contribution in [3.8, 4) is 0 Å². The van der Waals surface area contributed by atoms with Crippen LogP contribution in [0.3, 0.4) is 0 Å². The molecule has 0 bridgehead atoms. The Bertz CT molecular complexity index is 365. The molecule has 0 aromatic carbocycles. The molecule has 0 aliphatic rings. The largest absolute Gasteiger partial charge is 0.480 e. The van der Waals surface area contributed by atoms with Gasteiger partial charge in [0.2, 0.25) is 0 Å². The number of carbonyl (C=O) groups is 1. The number of nitrogens with zero attached hydrogens (tertiary/aromatic N) is 2. The number of nitrogens with one attached hydrogen (secondary N) is 1. The molecule has 0 radical (unpaired) electrons. The van der Waals surface area contributed by atoms with Crippen LogP contribution in [0.4, 0.5) is 0 Å². The SMILES string of the molecule is CC[C@H](C)[C@@H](NCc1cnc(C)nc1)C(=O)O. The monoisotopic (exact) mass is 237 g/mol. The summed E-state index contributed by atoms with van der Waals surface area (Å²) in [6, 6.07) is -0.527. The number of aryl methyl sites for hydroxylation is 1. The number of hydrogen-bond donors (Lipinski definition) is 2. The van der Waals surface area contributed by atoms with E-state index >= 15 is 0 Å². The highest BCUT2D eigenvalue weighted by atomic mass is 16.4. The van der Waals surface area contributed by atoms with Crippen LogP contribution in [0.1, 0.15) is 31.7 Å². The van der Waals surface area contributed by atoms with Crippen LogP contribution in [0.15, 0.2) is 12.4 Å². The molecule has 0 fully saturated rings. The molecular weight excluding hydrogens is 218 g/mol. The van der Waals surface area contributed by atoms with Gasteiger partial charge in [-0.25, -0.2) is 9.97 Å². The Morgan fingerprint density at radius 1 is 1.47 bits per heavy atom. The Labute approximate surface area is 101 Å². The molecule has 0 spiro atoms. The molecule has 0 unspecified atom stereocenters. The van der Waals surface area contributed by atoms with Crippen molar-refractivity contribution in [2.75, 3.05) is 0 Å². The predicted molar refractivity (Wildman–Crippen MR) is 64.5 cm³/mol. The highest BCUT2D eigenvalue weighted by molar-refractivity contribution is 5.73. The molecule has 1 rings (SSSR count). The van der Waals surface area contributed by atoms with Gasteiger partial charge in [0.05, 0.1) is 0 Å². The van der Waals surface area contributed by atoms with Crippen molar-refractivity contribution < 1.29 is 9.90 Å². The van der Waals surface area contributed by atoms with E-state index in [9.17, 15) is 4.79 Å². The molecule has 1 aromatic rings. The van der Waals surface area contributed by atoms with Crippen LogP contribution in [0.25, 0.3) is 0 Å². The highest BCUT2D eigenvalue weighted by Crippen LogP contribution is 2.08. The van der Waals surface area contributed by atoms with Gasteiger partial charge in [-0.2, -0.15) is 0 Å². The van der Waals surface area contributed by atoms with Gasteiger partial charge in [-0.3, -0.25) is 10.1 Å². The van der Waals surface area contributed by atoms with Crippen molar-refractivity contribution in [2.45, 2.75) is 39.8 Å². The average Bonchev–Trinajstić information content (AvgIpc) is 2.31. The Hall–Kier alpha value is -1.49. The molecule has 17 heavy (non-hydrogen) atoms. The Balaban J connectivity index is 2.57. The van der Waals surface area contributed by atoms with Crippen LogP contribution >= 0.6 is 0 Å². The molecule has 5 nitrogen and oxygen atoms in total. The maximum Gasteiger partial charge on any atom is 0.320 e. The standard InChI is InChI=1S/C12H19N3O2/c1-4-8(2)11(12(16)17)15-7-10-5-13-9(3)14-6-10/h5-6,8,11,15H,4,7H2,1-3H3,(H,16,17)/t8-,11+/m0/s1. The summed E-state index contributed by atoms with van der Waals surface area (Å²) in [5.41, 5.74) is 0.894. The van der Waals surface area contributed by atoms with E-state index in [0.717, 1.165) is 12.0 Å². The van der Waals surface area contributed by atoms with E-state index < -0.39 is 12.0 Å². The van der Waals surface area contributed by atoms with E-state index in [1.165, 1.54) is 0 Å². The van der Waals surface area contributed by atoms with E-state index in [-0.39, 0.29) is 5.92 Å². The van der Waals surface area contributed by atoms with Gasteiger partial charge >= 0.3 is 5.97 Å². The minimum Gasteiger partial charge on any atom is -0.480 e. The Morgan fingerprint density at radius 3 is 2.53 bits per heavy atom. The zero-order chi connectivity index (χ0) is 12.8. The summed E-state index contributed by atoms with van der Waals surface area (Å²) >= 11 is 0. The summed E-state index contributed by atoms with van der Waals surface area (Å²) in [7, 11) is 0. The molecule has 1 aromatic heterocycles. The summed E-state index contributed by atoms with van der Waals surface area (Å²) in [6.07, 6.45) is 4.25. The Kier molecular flexibility index (Phi) is 5.03. The fourth-order valence-corrected chi connectivity index (χ4v) is 1.51. The first kappa shape index (κ1) is 13.6. The second-order valence-electron chi connectivity index (χ2n) is 4.22. The maximum atomic E-state index is 11.1. The summed E-state index contributed by atoms with van der Waals surface area (Å²) in [6.45, 7) is 6.20. The molecule has 1 heterocycles. The predicted octanol–water partition coefficient (Wildman–Crippen LogP) is 1.37.